The zero-order chi connectivity index (χ0) is 15.4. The second-order valence-electron chi connectivity index (χ2n) is 5.35. The minimum atomic E-state index is 0.305. The molecule has 1 atom stereocenters. The molecule has 21 heavy (non-hydrogen) atoms. The molecule has 0 heterocycles. The summed E-state index contributed by atoms with van der Waals surface area (Å²) >= 11 is 7.44. The standard InChI is InChI=1S/C16H22Br2O3/c1-4-21-11-5-10(6-11)7-13(17)12-8-15(19-2)16(20-3)9-14(12)18/h8-11,13H,4-7H2,1-3H3. The minimum absolute atomic E-state index is 0.305. The van der Waals surface area contributed by atoms with E-state index in [9.17, 15) is 0 Å². The van der Waals surface area contributed by atoms with Crippen LogP contribution in [-0.2, 0) is 4.74 Å². The first-order valence-electron chi connectivity index (χ1n) is 7.26. The van der Waals surface area contributed by atoms with Gasteiger partial charge < -0.3 is 14.2 Å². The van der Waals surface area contributed by atoms with Crippen LogP contribution in [-0.4, -0.2) is 26.9 Å². The van der Waals surface area contributed by atoms with Crippen LogP contribution in [0.15, 0.2) is 16.6 Å². The lowest BCUT2D eigenvalue weighted by Crippen LogP contribution is -2.31. The fourth-order valence-electron chi connectivity index (χ4n) is 2.77. The molecule has 0 saturated heterocycles. The molecule has 1 unspecified atom stereocenters. The van der Waals surface area contributed by atoms with E-state index in [0.29, 0.717) is 10.9 Å². The van der Waals surface area contributed by atoms with Crippen LogP contribution in [0.4, 0.5) is 0 Å². The number of hydrogen-bond donors (Lipinski definition) is 0. The first-order chi connectivity index (χ1) is 10.1. The number of alkyl halides is 1. The van der Waals surface area contributed by atoms with Crippen molar-refractivity contribution in [3.8, 4) is 11.5 Å². The second kappa shape index (κ2) is 7.84. The van der Waals surface area contributed by atoms with Gasteiger partial charge in [0.15, 0.2) is 11.5 Å². The lowest BCUT2D eigenvalue weighted by Gasteiger charge is -2.36. The Morgan fingerprint density at radius 3 is 2.38 bits per heavy atom. The van der Waals surface area contributed by atoms with E-state index in [0.717, 1.165) is 34.9 Å². The third kappa shape index (κ3) is 4.14. The molecular formula is C16H22Br2O3. The van der Waals surface area contributed by atoms with Gasteiger partial charge in [-0.1, -0.05) is 31.9 Å². The van der Waals surface area contributed by atoms with Gasteiger partial charge >= 0.3 is 0 Å². The summed E-state index contributed by atoms with van der Waals surface area (Å²) in [7, 11) is 3.31. The molecular weight excluding hydrogens is 400 g/mol. The van der Waals surface area contributed by atoms with Gasteiger partial charge in [-0.05, 0) is 49.8 Å². The zero-order valence-electron chi connectivity index (χ0n) is 12.7. The fourth-order valence-corrected chi connectivity index (χ4v) is 4.58. The summed E-state index contributed by atoms with van der Waals surface area (Å²) in [4.78, 5) is 0.305. The monoisotopic (exact) mass is 420 g/mol. The lowest BCUT2D eigenvalue weighted by atomic mass is 9.78. The van der Waals surface area contributed by atoms with E-state index in [1.165, 1.54) is 18.4 Å². The van der Waals surface area contributed by atoms with Gasteiger partial charge in [0.2, 0.25) is 0 Å². The highest BCUT2D eigenvalue weighted by Crippen LogP contribution is 2.44. The number of ether oxygens (including phenoxy) is 3. The number of benzene rings is 1. The summed E-state index contributed by atoms with van der Waals surface area (Å²) in [6, 6.07) is 4.01. The normalized spacial score (nSPS) is 22.5. The first kappa shape index (κ1) is 17.1. The Kier molecular flexibility index (Phi) is 6.38. The van der Waals surface area contributed by atoms with E-state index < -0.39 is 0 Å². The summed E-state index contributed by atoms with van der Waals surface area (Å²) in [5, 5.41) is 0. The maximum Gasteiger partial charge on any atom is 0.161 e. The van der Waals surface area contributed by atoms with E-state index in [4.69, 9.17) is 14.2 Å². The molecule has 1 aliphatic rings. The summed E-state index contributed by atoms with van der Waals surface area (Å²) < 4.78 is 17.4. The van der Waals surface area contributed by atoms with E-state index in [-0.39, 0.29) is 0 Å². The highest BCUT2D eigenvalue weighted by atomic mass is 79.9. The molecule has 118 valence electrons. The highest BCUT2D eigenvalue weighted by Gasteiger charge is 2.31. The van der Waals surface area contributed by atoms with Crippen molar-refractivity contribution >= 4 is 31.9 Å². The Morgan fingerprint density at radius 2 is 1.81 bits per heavy atom. The molecule has 2 rings (SSSR count). The molecule has 0 radical (unpaired) electrons. The molecule has 0 aliphatic heterocycles. The van der Waals surface area contributed by atoms with Crippen molar-refractivity contribution in [2.75, 3.05) is 20.8 Å². The molecule has 1 aromatic carbocycles. The average molecular weight is 422 g/mol. The van der Waals surface area contributed by atoms with Gasteiger partial charge in [0.25, 0.3) is 0 Å². The molecule has 5 heteroatoms. The molecule has 1 aromatic rings. The summed E-state index contributed by atoms with van der Waals surface area (Å²) in [6.45, 7) is 2.87. The van der Waals surface area contributed by atoms with E-state index in [2.05, 4.69) is 38.8 Å². The molecule has 0 amide bonds. The van der Waals surface area contributed by atoms with Gasteiger partial charge in [0, 0.05) is 15.9 Å². The first-order valence-corrected chi connectivity index (χ1v) is 8.96. The van der Waals surface area contributed by atoms with Crippen LogP contribution in [0.5, 0.6) is 11.5 Å². The Bertz CT molecular complexity index is 473. The van der Waals surface area contributed by atoms with Crippen LogP contribution in [0.3, 0.4) is 0 Å². The van der Waals surface area contributed by atoms with Crippen molar-refractivity contribution in [3.05, 3.63) is 22.2 Å². The minimum Gasteiger partial charge on any atom is -0.493 e. The van der Waals surface area contributed by atoms with Crippen LogP contribution in [0.25, 0.3) is 0 Å². The van der Waals surface area contributed by atoms with E-state index >= 15 is 0 Å². The third-order valence-electron chi connectivity index (χ3n) is 3.98. The van der Waals surface area contributed by atoms with Crippen molar-refractivity contribution in [2.24, 2.45) is 5.92 Å². The van der Waals surface area contributed by atoms with Gasteiger partial charge in [-0.15, -0.1) is 0 Å². The number of hydrogen-bond acceptors (Lipinski definition) is 3. The molecule has 0 aromatic heterocycles. The molecule has 0 bridgehead atoms. The SMILES string of the molecule is CCOC1CC(CC(Br)c2cc(OC)c(OC)cc2Br)C1. The van der Waals surface area contributed by atoms with Gasteiger partial charge in [0.1, 0.15) is 0 Å². The lowest BCUT2D eigenvalue weighted by molar-refractivity contribution is -0.0264. The van der Waals surface area contributed by atoms with Crippen LogP contribution < -0.4 is 9.47 Å². The van der Waals surface area contributed by atoms with E-state index in [1.54, 1.807) is 14.2 Å². The predicted octanol–water partition coefficient (Wildman–Crippen LogP) is 5.11. The number of rotatable bonds is 7. The summed E-state index contributed by atoms with van der Waals surface area (Å²) in [5.74, 6) is 2.24. The average Bonchev–Trinajstić information content (AvgIpc) is 2.44. The van der Waals surface area contributed by atoms with Crippen molar-refractivity contribution in [2.45, 2.75) is 37.1 Å². The molecule has 1 aliphatic carbocycles. The van der Waals surface area contributed by atoms with Gasteiger partial charge in [-0.25, -0.2) is 0 Å². The molecule has 3 nitrogen and oxygen atoms in total. The van der Waals surface area contributed by atoms with E-state index in [1.807, 2.05) is 12.1 Å². The molecule has 0 N–H and O–H groups in total. The van der Waals surface area contributed by atoms with Crippen LogP contribution >= 0.6 is 31.9 Å². The quantitative estimate of drug-likeness (QED) is 0.572. The Morgan fingerprint density at radius 1 is 1.19 bits per heavy atom. The maximum absolute atomic E-state index is 5.62. The Labute approximate surface area is 143 Å². The van der Waals surface area contributed by atoms with Gasteiger partial charge in [-0.2, -0.15) is 0 Å². The third-order valence-corrected chi connectivity index (χ3v) is 5.53. The summed E-state index contributed by atoms with van der Waals surface area (Å²) in [5.41, 5.74) is 1.20. The molecule has 1 saturated carbocycles. The highest BCUT2D eigenvalue weighted by molar-refractivity contribution is 9.11. The zero-order valence-corrected chi connectivity index (χ0v) is 15.9. The van der Waals surface area contributed by atoms with Gasteiger partial charge in [0.05, 0.1) is 20.3 Å². The molecule has 0 spiro atoms. The van der Waals surface area contributed by atoms with Crippen molar-refractivity contribution < 1.29 is 14.2 Å². The topological polar surface area (TPSA) is 27.7 Å². The van der Waals surface area contributed by atoms with Crippen molar-refractivity contribution in [1.82, 2.24) is 0 Å². The molecule has 1 fully saturated rings. The number of halogens is 2. The van der Waals surface area contributed by atoms with Crippen molar-refractivity contribution in [3.63, 3.8) is 0 Å². The smallest absolute Gasteiger partial charge is 0.161 e. The summed E-state index contributed by atoms with van der Waals surface area (Å²) in [6.07, 6.45) is 3.91. The number of methoxy groups -OCH3 is 2. The Hall–Kier alpha value is -0.260. The van der Waals surface area contributed by atoms with Crippen LogP contribution in [0.2, 0.25) is 0 Å². The van der Waals surface area contributed by atoms with Gasteiger partial charge in [-0.3, -0.25) is 0 Å². The maximum atomic E-state index is 5.62. The van der Waals surface area contributed by atoms with Crippen molar-refractivity contribution in [1.29, 1.82) is 0 Å². The second-order valence-corrected chi connectivity index (χ2v) is 7.31. The fraction of sp³-hybridized carbons (Fsp3) is 0.625. The predicted molar refractivity (Wildman–Crippen MR) is 91.7 cm³/mol. The van der Waals surface area contributed by atoms with Crippen LogP contribution in [0, 0.1) is 5.92 Å². The Balaban J connectivity index is 2.01. The van der Waals surface area contributed by atoms with Crippen LogP contribution in [0.1, 0.15) is 36.6 Å². The largest absolute Gasteiger partial charge is 0.493 e.